The van der Waals surface area contributed by atoms with Crippen LogP contribution in [0.1, 0.15) is 5.56 Å². The molecule has 0 aliphatic carbocycles. The summed E-state index contributed by atoms with van der Waals surface area (Å²) in [5, 5.41) is 12.9. The summed E-state index contributed by atoms with van der Waals surface area (Å²) in [5.41, 5.74) is -0.171. The molecule has 1 aliphatic heterocycles. The Morgan fingerprint density at radius 2 is 2.21 bits per heavy atom. The van der Waals surface area contributed by atoms with Crippen molar-refractivity contribution in [2.45, 2.75) is 5.60 Å². The minimum atomic E-state index is -0.860. The van der Waals surface area contributed by atoms with Crippen molar-refractivity contribution in [2.75, 3.05) is 20.2 Å². The van der Waals surface area contributed by atoms with Crippen LogP contribution in [0.2, 0.25) is 0 Å². The lowest BCUT2D eigenvalue weighted by molar-refractivity contribution is -0.0148. The summed E-state index contributed by atoms with van der Waals surface area (Å²) in [4.78, 5) is 0. The van der Waals surface area contributed by atoms with Crippen molar-refractivity contribution in [3.63, 3.8) is 0 Å². The Morgan fingerprint density at radius 3 is 2.71 bits per heavy atom. The van der Waals surface area contributed by atoms with Crippen LogP contribution in [0.25, 0.3) is 0 Å². The molecule has 1 aromatic carbocycles. The van der Waals surface area contributed by atoms with Crippen molar-refractivity contribution in [1.82, 2.24) is 5.32 Å². The zero-order valence-electron chi connectivity index (χ0n) is 7.88. The SMILES string of the molecule is COc1cc(C2(O)CNC2)ccc1F. The van der Waals surface area contributed by atoms with Crippen LogP contribution in [0.5, 0.6) is 5.75 Å². The van der Waals surface area contributed by atoms with Gasteiger partial charge in [-0.1, -0.05) is 6.07 Å². The van der Waals surface area contributed by atoms with Crippen LogP contribution in [0.3, 0.4) is 0 Å². The normalized spacial score (nSPS) is 18.8. The molecule has 1 fully saturated rings. The van der Waals surface area contributed by atoms with Crippen LogP contribution in [0.4, 0.5) is 4.39 Å². The molecule has 3 nitrogen and oxygen atoms in total. The third-order valence-electron chi connectivity index (χ3n) is 2.52. The molecule has 0 amide bonds. The fourth-order valence-corrected chi connectivity index (χ4v) is 1.52. The number of benzene rings is 1. The minimum Gasteiger partial charge on any atom is -0.494 e. The maximum absolute atomic E-state index is 13.1. The van der Waals surface area contributed by atoms with E-state index < -0.39 is 11.4 Å². The smallest absolute Gasteiger partial charge is 0.165 e. The summed E-state index contributed by atoms with van der Waals surface area (Å²) in [7, 11) is 1.41. The number of aliphatic hydroxyl groups is 1. The highest BCUT2D eigenvalue weighted by molar-refractivity contribution is 5.35. The van der Waals surface area contributed by atoms with Gasteiger partial charge in [0.25, 0.3) is 0 Å². The lowest BCUT2D eigenvalue weighted by atomic mass is 9.88. The summed E-state index contributed by atoms with van der Waals surface area (Å²) < 4.78 is 17.9. The van der Waals surface area contributed by atoms with E-state index in [0.29, 0.717) is 18.7 Å². The fourth-order valence-electron chi connectivity index (χ4n) is 1.52. The highest BCUT2D eigenvalue weighted by Gasteiger charge is 2.36. The van der Waals surface area contributed by atoms with Gasteiger partial charge in [0, 0.05) is 13.1 Å². The van der Waals surface area contributed by atoms with E-state index in [1.807, 2.05) is 0 Å². The molecule has 0 spiro atoms. The van der Waals surface area contributed by atoms with E-state index in [1.165, 1.54) is 19.2 Å². The highest BCUT2D eigenvalue weighted by atomic mass is 19.1. The van der Waals surface area contributed by atoms with Gasteiger partial charge in [-0.2, -0.15) is 0 Å². The van der Waals surface area contributed by atoms with E-state index in [4.69, 9.17) is 4.74 Å². The molecule has 1 aliphatic rings. The number of nitrogens with one attached hydrogen (secondary N) is 1. The van der Waals surface area contributed by atoms with Crippen LogP contribution in [0.15, 0.2) is 18.2 Å². The first-order chi connectivity index (χ1) is 6.65. The second-order valence-electron chi connectivity index (χ2n) is 3.48. The first kappa shape index (κ1) is 9.43. The zero-order valence-corrected chi connectivity index (χ0v) is 7.88. The van der Waals surface area contributed by atoms with Gasteiger partial charge >= 0.3 is 0 Å². The Kier molecular flexibility index (Phi) is 2.17. The summed E-state index contributed by atoms with van der Waals surface area (Å²) in [5.74, 6) is -0.241. The van der Waals surface area contributed by atoms with E-state index in [-0.39, 0.29) is 5.75 Å². The Balaban J connectivity index is 2.35. The van der Waals surface area contributed by atoms with E-state index in [2.05, 4.69) is 5.32 Å². The van der Waals surface area contributed by atoms with Gasteiger partial charge in [-0.3, -0.25) is 0 Å². The maximum Gasteiger partial charge on any atom is 0.165 e. The molecule has 4 heteroatoms. The molecule has 2 rings (SSSR count). The minimum absolute atomic E-state index is 0.169. The van der Waals surface area contributed by atoms with Crippen LogP contribution >= 0.6 is 0 Å². The Labute approximate surface area is 81.5 Å². The Bertz CT molecular complexity index is 350. The van der Waals surface area contributed by atoms with E-state index >= 15 is 0 Å². The number of rotatable bonds is 2. The predicted molar refractivity (Wildman–Crippen MR) is 49.7 cm³/mol. The Morgan fingerprint density at radius 1 is 1.50 bits per heavy atom. The summed E-state index contributed by atoms with van der Waals surface area (Å²) >= 11 is 0. The standard InChI is InChI=1S/C10H12FNO2/c1-14-9-4-7(2-3-8(9)11)10(13)5-12-6-10/h2-4,12-13H,5-6H2,1H3. The molecule has 0 atom stereocenters. The third-order valence-corrected chi connectivity index (χ3v) is 2.52. The van der Waals surface area contributed by atoms with Crippen LogP contribution < -0.4 is 10.1 Å². The summed E-state index contributed by atoms with van der Waals surface area (Å²) in [6.07, 6.45) is 0. The predicted octanol–water partition coefficient (Wildman–Crippen LogP) is 0.625. The molecule has 0 aromatic heterocycles. The van der Waals surface area contributed by atoms with Crippen LogP contribution in [-0.4, -0.2) is 25.3 Å². The molecule has 0 saturated carbocycles. The number of β-amino-alcohol motifs (C(OH)–C–C–N with tert-alkyl or cyclic N) is 1. The zero-order chi connectivity index (χ0) is 10.2. The molecular formula is C10H12FNO2. The van der Waals surface area contributed by atoms with E-state index in [1.54, 1.807) is 6.07 Å². The van der Waals surface area contributed by atoms with Gasteiger partial charge in [-0.25, -0.2) is 4.39 Å². The molecule has 76 valence electrons. The monoisotopic (exact) mass is 197 g/mol. The van der Waals surface area contributed by atoms with Crippen molar-refractivity contribution in [2.24, 2.45) is 0 Å². The quantitative estimate of drug-likeness (QED) is 0.730. The molecule has 0 bridgehead atoms. The molecule has 1 aromatic rings. The number of halogens is 1. The molecule has 2 N–H and O–H groups in total. The molecule has 0 radical (unpaired) electrons. The summed E-state index contributed by atoms with van der Waals surface area (Å²) in [6.45, 7) is 1.00. The number of methoxy groups -OCH3 is 1. The maximum atomic E-state index is 13.1. The van der Waals surface area contributed by atoms with Gasteiger partial charge < -0.3 is 15.2 Å². The Hall–Kier alpha value is -1.13. The lowest BCUT2D eigenvalue weighted by Crippen LogP contribution is -2.56. The topological polar surface area (TPSA) is 41.5 Å². The van der Waals surface area contributed by atoms with Crippen LogP contribution in [-0.2, 0) is 5.60 Å². The molecule has 1 saturated heterocycles. The molecule has 0 unspecified atom stereocenters. The molecule has 14 heavy (non-hydrogen) atoms. The van der Waals surface area contributed by atoms with Gasteiger partial charge in [0.1, 0.15) is 5.60 Å². The molecular weight excluding hydrogens is 185 g/mol. The van der Waals surface area contributed by atoms with Crippen LogP contribution in [0, 0.1) is 5.82 Å². The highest BCUT2D eigenvalue weighted by Crippen LogP contribution is 2.29. The van der Waals surface area contributed by atoms with Crippen molar-refractivity contribution in [3.05, 3.63) is 29.6 Å². The first-order valence-corrected chi connectivity index (χ1v) is 4.43. The number of ether oxygens (including phenoxy) is 1. The van der Waals surface area contributed by atoms with E-state index in [9.17, 15) is 9.50 Å². The average Bonchev–Trinajstić information content (AvgIpc) is 2.15. The third kappa shape index (κ3) is 1.36. The lowest BCUT2D eigenvalue weighted by Gasteiger charge is -2.38. The largest absolute Gasteiger partial charge is 0.494 e. The van der Waals surface area contributed by atoms with Crippen molar-refractivity contribution >= 4 is 0 Å². The van der Waals surface area contributed by atoms with Crippen molar-refractivity contribution in [3.8, 4) is 5.75 Å². The van der Waals surface area contributed by atoms with Gasteiger partial charge in [0.15, 0.2) is 11.6 Å². The second kappa shape index (κ2) is 3.22. The first-order valence-electron chi connectivity index (χ1n) is 4.43. The van der Waals surface area contributed by atoms with Gasteiger partial charge in [0.2, 0.25) is 0 Å². The molecule has 1 heterocycles. The van der Waals surface area contributed by atoms with Gasteiger partial charge in [-0.15, -0.1) is 0 Å². The number of hydrogen-bond donors (Lipinski definition) is 2. The average molecular weight is 197 g/mol. The second-order valence-corrected chi connectivity index (χ2v) is 3.48. The van der Waals surface area contributed by atoms with Crippen molar-refractivity contribution in [1.29, 1.82) is 0 Å². The van der Waals surface area contributed by atoms with E-state index in [0.717, 1.165) is 0 Å². The summed E-state index contributed by atoms with van der Waals surface area (Å²) in [6, 6.07) is 4.43. The fraction of sp³-hybridized carbons (Fsp3) is 0.400. The number of hydrogen-bond acceptors (Lipinski definition) is 3. The van der Waals surface area contributed by atoms with Crippen molar-refractivity contribution < 1.29 is 14.2 Å². The van der Waals surface area contributed by atoms with Gasteiger partial charge in [-0.05, 0) is 17.7 Å². The van der Waals surface area contributed by atoms with Gasteiger partial charge in [0.05, 0.1) is 7.11 Å².